The lowest BCUT2D eigenvalue weighted by atomic mass is 9.58. The number of phenols is 1. The maximum absolute atomic E-state index is 13.7. The van der Waals surface area contributed by atoms with E-state index in [-0.39, 0.29) is 29.7 Å². The molecular weight excluding hydrogens is 452 g/mol. The number of hydrogen-bond acceptors (Lipinski definition) is 8. The summed E-state index contributed by atoms with van der Waals surface area (Å²) in [6.45, 7) is 0. The number of phenolic OH excluding ortho intramolecular Hbond substituents is 1. The number of aliphatic hydroxyl groups is 3. The zero-order valence-electron chi connectivity index (χ0n) is 19.3. The van der Waals surface area contributed by atoms with Crippen LogP contribution in [0.5, 0.6) is 5.75 Å². The van der Waals surface area contributed by atoms with Gasteiger partial charge in [0.25, 0.3) is 5.91 Å². The standard InChI is InChI=1S/C26H26N2O7/c1-28(2)20-15-10-12-9-14-13(11-5-3-4-6-11)7-8-16(29)18(14)21(30)17(12)23(32)26(15,35)24(33)19(22(20)31)25(27)34/h3-5,7-8,12,15,20,29,31-32,35H,6,9-10H2,1-2H3,(H2,27,34)/t12?,15?,20?,26-/m0/s1. The van der Waals surface area contributed by atoms with Crippen LogP contribution < -0.4 is 5.73 Å². The van der Waals surface area contributed by atoms with Crippen molar-refractivity contribution >= 4 is 23.0 Å². The summed E-state index contributed by atoms with van der Waals surface area (Å²) in [6.07, 6.45) is 6.86. The maximum atomic E-state index is 13.7. The van der Waals surface area contributed by atoms with Gasteiger partial charge in [-0.25, -0.2) is 0 Å². The third-order valence-electron chi connectivity index (χ3n) is 7.72. The Morgan fingerprint density at radius 3 is 2.49 bits per heavy atom. The number of fused-ring (bicyclic) bond motifs is 3. The van der Waals surface area contributed by atoms with Gasteiger partial charge < -0.3 is 26.2 Å². The number of hydrogen-bond donors (Lipinski definition) is 5. The quantitative estimate of drug-likeness (QED) is 0.408. The molecule has 0 bridgehead atoms. The van der Waals surface area contributed by atoms with Crippen molar-refractivity contribution in [3.8, 4) is 5.75 Å². The van der Waals surface area contributed by atoms with Gasteiger partial charge in [-0.05, 0) is 62.0 Å². The van der Waals surface area contributed by atoms with Gasteiger partial charge in [0.05, 0.1) is 11.6 Å². The fourth-order valence-electron chi connectivity index (χ4n) is 6.20. The van der Waals surface area contributed by atoms with E-state index in [0.29, 0.717) is 12.0 Å². The molecule has 0 saturated heterocycles. The lowest BCUT2D eigenvalue weighted by molar-refractivity contribution is -0.148. The van der Waals surface area contributed by atoms with Crippen molar-refractivity contribution in [2.75, 3.05) is 14.1 Å². The minimum absolute atomic E-state index is 0.0242. The second-order valence-corrected chi connectivity index (χ2v) is 9.77. The molecule has 0 aliphatic heterocycles. The van der Waals surface area contributed by atoms with Crippen LogP contribution >= 0.6 is 0 Å². The van der Waals surface area contributed by atoms with Crippen LogP contribution in [0.15, 0.2) is 53.0 Å². The van der Waals surface area contributed by atoms with Gasteiger partial charge >= 0.3 is 0 Å². The molecule has 4 atom stereocenters. The van der Waals surface area contributed by atoms with Gasteiger partial charge in [0.1, 0.15) is 22.8 Å². The SMILES string of the molecule is CN(C)C1C(O)=C(C(N)=O)C(=O)[C@@]2(O)C(O)=C3C(=O)c4c(O)ccc(C5=CC=CC5)c4CC3CC12. The smallest absolute Gasteiger partial charge is 0.255 e. The lowest BCUT2D eigenvalue weighted by Gasteiger charge is -2.50. The van der Waals surface area contributed by atoms with Crippen molar-refractivity contribution in [3.63, 3.8) is 0 Å². The van der Waals surface area contributed by atoms with E-state index < -0.39 is 58.0 Å². The number of benzene rings is 1. The van der Waals surface area contributed by atoms with E-state index in [0.717, 1.165) is 11.1 Å². The van der Waals surface area contributed by atoms with E-state index in [2.05, 4.69) is 0 Å². The minimum Gasteiger partial charge on any atom is -0.510 e. The number of allylic oxidation sites excluding steroid dienone is 5. The highest BCUT2D eigenvalue weighted by Crippen LogP contribution is 2.52. The summed E-state index contributed by atoms with van der Waals surface area (Å²) in [7, 11) is 3.20. The number of nitrogens with zero attached hydrogens (tertiary/aromatic N) is 1. The van der Waals surface area contributed by atoms with Gasteiger partial charge in [-0.3, -0.25) is 19.3 Å². The van der Waals surface area contributed by atoms with Crippen LogP contribution in [0.1, 0.15) is 34.3 Å². The molecular formula is C26H26N2O7. The van der Waals surface area contributed by atoms with Gasteiger partial charge in [0.2, 0.25) is 5.78 Å². The van der Waals surface area contributed by atoms with E-state index >= 15 is 0 Å². The van der Waals surface area contributed by atoms with Gasteiger partial charge in [-0.15, -0.1) is 0 Å². The number of aliphatic hydroxyl groups excluding tert-OH is 2. The Balaban J connectivity index is 1.72. The third kappa shape index (κ3) is 2.98. The molecule has 0 aromatic heterocycles. The minimum atomic E-state index is -2.63. The predicted octanol–water partition coefficient (Wildman–Crippen LogP) is 1.46. The molecule has 182 valence electrons. The van der Waals surface area contributed by atoms with E-state index in [4.69, 9.17) is 5.73 Å². The Labute approximate surface area is 201 Å². The summed E-state index contributed by atoms with van der Waals surface area (Å²) in [6, 6.07) is 2.17. The molecule has 1 aromatic carbocycles. The number of amides is 1. The molecule has 1 aromatic rings. The molecule has 3 unspecified atom stereocenters. The van der Waals surface area contributed by atoms with Crippen molar-refractivity contribution < 1.29 is 34.8 Å². The zero-order valence-corrected chi connectivity index (χ0v) is 19.3. The molecule has 6 N–H and O–H groups in total. The molecule has 0 saturated carbocycles. The molecule has 1 amide bonds. The molecule has 9 nitrogen and oxygen atoms in total. The Morgan fingerprint density at radius 2 is 1.89 bits per heavy atom. The topological polar surface area (TPSA) is 161 Å². The number of aromatic hydroxyl groups is 1. The number of ketones is 2. The Morgan fingerprint density at radius 1 is 1.17 bits per heavy atom. The molecule has 4 aliphatic rings. The molecule has 4 aliphatic carbocycles. The van der Waals surface area contributed by atoms with Crippen molar-refractivity contribution in [2.45, 2.75) is 30.9 Å². The van der Waals surface area contributed by atoms with Crippen LogP contribution in [0.3, 0.4) is 0 Å². The van der Waals surface area contributed by atoms with E-state index in [9.17, 15) is 34.8 Å². The van der Waals surface area contributed by atoms with E-state index in [1.807, 2.05) is 18.2 Å². The number of rotatable bonds is 3. The lowest BCUT2D eigenvalue weighted by Crippen LogP contribution is -2.63. The fraction of sp³-hybridized carbons (Fsp3) is 0.346. The summed E-state index contributed by atoms with van der Waals surface area (Å²) in [5.41, 5.74) is 4.21. The monoisotopic (exact) mass is 478 g/mol. The second kappa shape index (κ2) is 7.66. The van der Waals surface area contributed by atoms with Crippen molar-refractivity contribution in [2.24, 2.45) is 17.6 Å². The zero-order chi connectivity index (χ0) is 25.4. The van der Waals surface area contributed by atoms with Crippen molar-refractivity contribution in [3.05, 3.63) is 69.7 Å². The second-order valence-electron chi connectivity index (χ2n) is 9.77. The van der Waals surface area contributed by atoms with Crippen LogP contribution in [-0.2, 0) is 16.0 Å². The van der Waals surface area contributed by atoms with E-state index in [1.165, 1.54) is 11.0 Å². The van der Waals surface area contributed by atoms with Crippen LogP contribution in [0.25, 0.3) is 5.57 Å². The highest BCUT2D eigenvalue weighted by Gasteiger charge is 2.63. The van der Waals surface area contributed by atoms with Crippen LogP contribution in [0, 0.1) is 11.8 Å². The molecule has 0 fully saturated rings. The normalized spacial score (nSPS) is 29.8. The fourth-order valence-corrected chi connectivity index (χ4v) is 6.20. The van der Waals surface area contributed by atoms with Gasteiger partial charge in [0, 0.05) is 11.5 Å². The first-order valence-electron chi connectivity index (χ1n) is 11.4. The number of carbonyl (C=O) groups is 3. The summed E-state index contributed by atoms with van der Waals surface area (Å²) < 4.78 is 0. The number of primary amides is 1. The first kappa shape index (κ1) is 23.1. The Hall–Kier alpha value is -3.69. The Kier molecular flexibility index (Phi) is 5.05. The largest absolute Gasteiger partial charge is 0.510 e. The molecule has 0 heterocycles. The van der Waals surface area contributed by atoms with Crippen molar-refractivity contribution in [1.82, 2.24) is 4.90 Å². The summed E-state index contributed by atoms with van der Waals surface area (Å²) in [5, 5.41) is 44.3. The molecule has 9 heteroatoms. The number of nitrogens with two attached hydrogens (primary N) is 1. The number of Topliss-reactive ketones (excluding diaryl/α,β-unsaturated/α-hetero) is 2. The van der Waals surface area contributed by atoms with Gasteiger partial charge in [0.15, 0.2) is 11.4 Å². The number of carbonyl (C=O) groups excluding carboxylic acids is 3. The van der Waals surface area contributed by atoms with Crippen LogP contribution in [-0.4, -0.2) is 68.5 Å². The van der Waals surface area contributed by atoms with Gasteiger partial charge in [-0.2, -0.15) is 0 Å². The molecule has 5 rings (SSSR count). The molecule has 35 heavy (non-hydrogen) atoms. The maximum Gasteiger partial charge on any atom is 0.255 e. The molecule has 0 spiro atoms. The molecule has 0 radical (unpaired) electrons. The van der Waals surface area contributed by atoms with Crippen LogP contribution in [0.4, 0.5) is 0 Å². The van der Waals surface area contributed by atoms with Crippen molar-refractivity contribution in [1.29, 1.82) is 0 Å². The first-order chi connectivity index (χ1) is 16.5. The third-order valence-corrected chi connectivity index (χ3v) is 7.72. The average molecular weight is 479 g/mol. The van der Waals surface area contributed by atoms with E-state index in [1.54, 1.807) is 20.2 Å². The highest BCUT2D eigenvalue weighted by atomic mass is 16.3. The summed E-state index contributed by atoms with van der Waals surface area (Å²) in [5.74, 6) is -6.49. The summed E-state index contributed by atoms with van der Waals surface area (Å²) in [4.78, 5) is 40.5. The average Bonchev–Trinajstić information content (AvgIpc) is 3.30. The van der Waals surface area contributed by atoms with Gasteiger partial charge in [-0.1, -0.05) is 24.3 Å². The number of likely N-dealkylation sites (N-methyl/N-ethyl adjacent to an activating group) is 1. The van der Waals surface area contributed by atoms with Crippen LogP contribution in [0.2, 0.25) is 0 Å². The summed E-state index contributed by atoms with van der Waals surface area (Å²) >= 11 is 0. The highest BCUT2D eigenvalue weighted by molar-refractivity contribution is 6.24. The first-order valence-corrected chi connectivity index (χ1v) is 11.4. The Bertz CT molecular complexity index is 1330. The predicted molar refractivity (Wildman–Crippen MR) is 125 cm³/mol.